The van der Waals surface area contributed by atoms with Crippen molar-refractivity contribution in [2.24, 2.45) is 5.73 Å². The molecule has 0 spiro atoms. The first-order valence-corrected chi connectivity index (χ1v) is 7.28. The normalized spacial score (nSPS) is 17.6. The van der Waals surface area contributed by atoms with Gasteiger partial charge in [-0.15, -0.1) is 12.4 Å². The number of likely N-dealkylation sites (tertiary alicyclic amines) is 1. The van der Waals surface area contributed by atoms with Gasteiger partial charge in [0.25, 0.3) is 0 Å². The van der Waals surface area contributed by atoms with Crippen molar-refractivity contribution in [3.05, 3.63) is 0 Å². The second-order valence-corrected chi connectivity index (χ2v) is 5.93. The van der Waals surface area contributed by atoms with E-state index in [0.29, 0.717) is 6.42 Å². The summed E-state index contributed by atoms with van der Waals surface area (Å²) in [4.78, 5) is 13.5. The van der Waals surface area contributed by atoms with Gasteiger partial charge in [0.1, 0.15) is 0 Å². The third-order valence-electron chi connectivity index (χ3n) is 2.55. The Balaban J connectivity index is 0.00000256. The molecule has 0 bridgehead atoms. The topological polar surface area (TPSA) is 92.5 Å². The lowest BCUT2D eigenvalue weighted by atomic mass is 10.2. The van der Waals surface area contributed by atoms with Crippen molar-refractivity contribution < 1.29 is 13.2 Å². The Morgan fingerprint density at radius 1 is 1.41 bits per heavy atom. The molecule has 0 radical (unpaired) electrons. The predicted octanol–water partition coefficient (Wildman–Crippen LogP) is -0.703. The highest BCUT2D eigenvalue weighted by Gasteiger charge is 2.23. The van der Waals surface area contributed by atoms with E-state index >= 15 is 0 Å². The van der Waals surface area contributed by atoms with Crippen molar-refractivity contribution >= 4 is 28.3 Å². The summed E-state index contributed by atoms with van der Waals surface area (Å²) in [5, 5.41) is 0. The van der Waals surface area contributed by atoms with Crippen molar-refractivity contribution in [2.45, 2.75) is 25.3 Å². The van der Waals surface area contributed by atoms with Gasteiger partial charge in [-0.3, -0.25) is 4.79 Å². The largest absolute Gasteiger partial charge is 0.341 e. The summed E-state index contributed by atoms with van der Waals surface area (Å²) in [6.07, 6.45) is 3.48. The summed E-state index contributed by atoms with van der Waals surface area (Å²) in [5.74, 6) is -0.0761. The molecule has 1 fully saturated rings. The number of halogens is 1. The van der Waals surface area contributed by atoms with E-state index in [1.54, 1.807) is 4.90 Å². The Kier molecular flexibility index (Phi) is 6.99. The number of hydrogen-bond acceptors (Lipinski definition) is 4. The highest BCUT2D eigenvalue weighted by atomic mass is 35.5. The Morgan fingerprint density at radius 2 is 1.94 bits per heavy atom. The van der Waals surface area contributed by atoms with Gasteiger partial charge in [0.05, 0.1) is 12.3 Å². The lowest BCUT2D eigenvalue weighted by molar-refractivity contribution is -0.131. The lowest BCUT2D eigenvalue weighted by Crippen LogP contribution is -2.44. The number of rotatable bonds is 5. The first-order chi connectivity index (χ1) is 7.40. The Morgan fingerprint density at radius 3 is 2.41 bits per heavy atom. The predicted molar refractivity (Wildman–Crippen MR) is 68.5 cm³/mol. The van der Waals surface area contributed by atoms with Crippen molar-refractivity contribution in [3.8, 4) is 0 Å². The molecule has 0 unspecified atom stereocenters. The molecule has 17 heavy (non-hydrogen) atoms. The highest BCUT2D eigenvalue weighted by Crippen LogP contribution is 2.09. The zero-order chi connectivity index (χ0) is 12.2. The molecule has 1 rings (SSSR count). The van der Waals surface area contributed by atoms with Crippen molar-refractivity contribution in [2.75, 3.05) is 25.9 Å². The minimum atomic E-state index is -3.19. The molecule has 0 aliphatic carbocycles. The molecule has 1 heterocycles. The van der Waals surface area contributed by atoms with Crippen LogP contribution in [0.4, 0.5) is 0 Å². The molecule has 6 nitrogen and oxygen atoms in total. The molecule has 102 valence electrons. The second-order valence-electron chi connectivity index (χ2n) is 4.09. The van der Waals surface area contributed by atoms with Crippen LogP contribution in [0.3, 0.4) is 0 Å². The van der Waals surface area contributed by atoms with Gasteiger partial charge in [0, 0.05) is 19.6 Å². The van der Waals surface area contributed by atoms with E-state index in [9.17, 15) is 13.2 Å². The molecular weight excluding hydrogens is 266 g/mol. The van der Waals surface area contributed by atoms with Gasteiger partial charge in [-0.05, 0) is 19.3 Å². The lowest BCUT2D eigenvalue weighted by Gasteiger charge is -2.20. The average Bonchev–Trinajstić information content (AvgIpc) is 2.67. The number of nitrogens with two attached hydrogens (primary N) is 1. The van der Waals surface area contributed by atoms with E-state index in [2.05, 4.69) is 4.72 Å². The summed E-state index contributed by atoms with van der Waals surface area (Å²) in [5.41, 5.74) is 5.70. The first kappa shape index (κ1) is 16.6. The van der Waals surface area contributed by atoms with Gasteiger partial charge in [-0.2, -0.15) is 0 Å². The van der Waals surface area contributed by atoms with Crippen LogP contribution >= 0.6 is 12.4 Å². The highest BCUT2D eigenvalue weighted by molar-refractivity contribution is 7.88. The molecule has 1 saturated heterocycles. The maximum atomic E-state index is 11.7. The third-order valence-corrected chi connectivity index (χ3v) is 3.28. The molecule has 0 aromatic carbocycles. The Bertz CT molecular complexity index is 341. The molecule has 1 aliphatic rings. The SMILES string of the molecule is CS(=O)(=O)NCC[C@H](N)C(=O)N1CCCC1.Cl. The van der Waals surface area contributed by atoms with Gasteiger partial charge in [0.2, 0.25) is 15.9 Å². The van der Waals surface area contributed by atoms with Crippen LogP contribution in [0.5, 0.6) is 0 Å². The maximum Gasteiger partial charge on any atom is 0.239 e. The van der Waals surface area contributed by atoms with E-state index in [-0.39, 0.29) is 24.9 Å². The van der Waals surface area contributed by atoms with Crippen LogP contribution in [0.15, 0.2) is 0 Å². The summed E-state index contributed by atoms with van der Waals surface area (Å²) in [6, 6.07) is -0.604. The number of nitrogens with one attached hydrogen (secondary N) is 1. The average molecular weight is 286 g/mol. The van der Waals surface area contributed by atoms with Crippen molar-refractivity contribution in [3.63, 3.8) is 0 Å². The molecule has 1 atom stereocenters. The fourth-order valence-electron chi connectivity index (χ4n) is 1.70. The van der Waals surface area contributed by atoms with Gasteiger partial charge < -0.3 is 10.6 Å². The number of carbonyl (C=O) groups excluding carboxylic acids is 1. The van der Waals surface area contributed by atoms with Crippen LogP contribution in [-0.2, 0) is 14.8 Å². The fourth-order valence-corrected chi connectivity index (χ4v) is 2.18. The van der Waals surface area contributed by atoms with Gasteiger partial charge in [-0.1, -0.05) is 0 Å². The molecule has 0 saturated carbocycles. The van der Waals surface area contributed by atoms with Crippen LogP contribution < -0.4 is 10.5 Å². The van der Waals surface area contributed by atoms with Crippen LogP contribution in [0.25, 0.3) is 0 Å². The fraction of sp³-hybridized carbons (Fsp3) is 0.889. The van der Waals surface area contributed by atoms with E-state index in [1.807, 2.05) is 0 Å². The van der Waals surface area contributed by atoms with Crippen molar-refractivity contribution in [1.82, 2.24) is 9.62 Å². The van der Waals surface area contributed by atoms with Crippen LogP contribution in [0.2, 0.25) is 0 Å². The maximum absolute atomic E-state index is 11.7. The minimum absolute atomic E-state index is 0. The number of carbonyl (C=O) groups is 1. The van der Waals surface area contributed by atoms with Gasteiger partial charge in [-0.25, -0.2) is 13.1 Å². The number of hydrogen-bond donors (Lipinski definition) is 2. The Hall–Kier alpha value is -0.370. The molecule has 3 N–H and O–H groups in total. The third kappa shape index (κ3) is 6.21. The number of nitrogens with zero attached hydrogens (tertiary/aromatic N) is 1. The smallest absolute Gasteiger partial charge is 0.239 e. The van der Waals surface area contributed by atoms with Crippen LogP contribution in [0.1, 0.15) is 19.3 Å². The monoisotopic (exact) mass is 285 g/mol. The molecule has 0 aromatic heterocycles. The number of amides is 1. The van der Waals surface area contributed by atoms with E-state index in [0.717, 1.165) is 32.2 Å². The molecular formula is C9H20ClN3O3S. The zero-order valence-electron chi connectivity index (χ0n) is 9.89. The standard InChI is InChI=1S/C9H19N3O3S.ClH/c1-16(14,15)11-5-4-8(10)9(13)12-6-2-3-7-12;/h8,11H,2-7,10H2,1H3;1H/t8-;/m0./s1. The van der Waals surface area contributed by atoms with E-state index in [1.165, 1.54) is 0 Å². The molecule has 1 amide bonds. The minimum Gasteiger partial charge on any atom is -0.341 e. The summed E-state index contributed by atoms with van der Waals surface area (Å²) in [6.45, 7) is 1.75. The quantitative estimate of drug-likeness (QED) is 0.698. The molecule has 1 aliphatic heterocycles. The zero-order valence-corrected chi connectivity index (χ0v) is 11.5. The van der Waals surface area contributed by atoms with Gasteiger partial charge >= 0.3 is 0 Å². The summed E-state index contributed by atoms with van der Waals surface area (Å²) in [7, 11) is -3.19. The van der Waals surface area contributed by atoms with E-state index in [4.69, 9.17) is 5.73 Å². The molecule has 8 heteroatoms. The summed E-state index contributed by atoms with van der Waals surface area (Å²) >= 11 is 0. The molecule has 0 aromatic rings. The van der Waals surface area contributed by atoms with Crippen LogP contribution in [0, 0.1) is 0 Å². The Labute approximate surface area is 108 Å². The number of sulfonamides is 1. The second kappa shape index (κ2) is 7.15. The van der Waals surface area contributed by atoms with Gasteiger partial charge in [0.15, 0.2) is 0 Å². The first-order valence-electron chi connectivity index (χ1n) is 5.39. The van der Waals surface area contributed by atoms with Crippen LogP contribution in [-0.4, -0.2) is 51.2 Å². The van der Waals surface area contributed by atoms with E-state index < -0.39 is 16.1 Å². The summed E-state index contributed by atoms with van der Waals surface area (Å²) < 4.78 is 23.9. The van der Waals surface area contributed by atoms with Crippen molar-refractivity contribution in [1.29, 1.82) is 0 Å².